The summed E-state index contributed by atoms with van der Waals surface area (Å²) >= 11 is 4.64. The molecule has 0 saturated heterocycles. The maximum absolute atomic E-state index is 9.21. The summed E-state index contributed by atoms with van der Waals surface area (Å²) in [4.78, 5) is 9.21. The van der Waals surface area contributed by atoms with Crippen LogP contribution in [0.25, 0.3) is 0 Å². The van der Waals surface area contributed by atoms with E-state index in [1.807, 2.05) is 0 Å². The van der Waals surface area contributed by atoms with Crippen LogP contribution >= 0.6 is 11.6 Å². The Kier molecular flexibility index (Phi) is 13.5. The molecule has 50 valence electrons. The smallest absolute Gasteiger partial charge is 0.218 e. The van der Waals surface area contributed by atoms with Crippen molar-refractivity contribution in [2.24, 2.45) is 0 Å². The van der Waals surface area contributed by atoms with Crippen LogP contribution in [0.3, 0.4) is 0 Å². The molecule has 0 heterocycles. The minimum atomic E-state index is -0.361. The molecular formula is C4H9ClO3. The molecule has 0 spiro atoms. The van der Waals surface area contributed by atoms with Crippen LogP contribution in [-0.4, -0.2) is 28.7 Å². The van der Waals surface area contributed by atoms with Crippen LogP contribution in [0.1, 0.15) is 6.92 Å². The van der Waals surface area contributed by atoms with E-state index in [1.165, 1.54) is 6.92 Å². The molecule has 0 aliphatic carbocycles. The maximum Gasteiger partial charge on any atom is 0.218 e. The number of halogens is 1. The van der Waals surface area contributed by atoms with Crippen LogP contribution in [-0.2, 0) is 4.79 Å². The molecule has 0 aliphatic heterocycles. The van der Waals surface area contributed by atoms with Gasteiger partial charge < -0.3 is 10.2 Å². The summed E-state index contributed by atoms with van der Waals surface area (Å²) in [6.45, 7) is 1.04. The second kappa shape index (κ2) is 9.99. The van der Waals surface area contributed by atoms with E-state index < -0.39 is 0 Å². The predicted octanol–water partition coefficient (Wildman–Crippen LogP) is -0.257. The van der Waals surface area contributed by atoms with Gasteiger partial charge in [-0.1, -0.05) is 0 Å². The first kappa shape index (κ1) is 10.8. The fourth-order valence-electron chi connectivity index (χ4n) is 0. The molecule has 0 aromatic rings. The van der Waals surface area contributed by atoms with Gasteiger partial charge in [-0.25, -0.2) is 0 Å². The van der Waals surface area contributed by atoms with Crippen molar-refractivity contribution in [3.05, 3.63) is 0 Å². The molecule has 0 fully saturated rings. The second-order valence-corrected chi connectivity index (χ2v) is 1.45. The van der Waals surface area contributed by atoms with E-state index in [0.29, 0.717) is 0 Å². The third kappa shape index (κ3) is 181. The topological polar surface area (TPSA) is 57.5 Å². The Morgan fingerprint density at radius 3 is 1.62 bits per heavy atom. The number of hydrogen-bond acceptors (Lipinski definition) is 3. The van der Waals surface area contributed by atoms with Crippen molar-refractivity contribution in [2.45, 2.75) is 6.92 Å². The lowest BCUT2D eigenvalue weighted by Gasteiger charge is -1.70. The van der Waals surface area contributed by atoms with Crippen molar-refractivity contribution >= 4 is 16.8 Å². The first-order valence-corrected chi connectivity index (χ1v) is 2.40. The van der Waals surface area contributed by atoms with Crippen molar-refractivity contribution < 1.29 is 15.0 Å². The molecule has 2 N–H and O–H groups in total. The minimum Gasteiger partial charge on any atom is -0.394 e. The van der Waals surface area contributed by atoms with Crippen molar-refractivity contribution in [3.8, 4) is 0 Å². The molecule has 8 heavy (non-hydrogen) atoms. The van der Waals surface area contributed by atoms with Gasteiger partial charge >= 0.3 is 0 Å². The van der Waals surface area contributed by atoms with Crippen molar-refractivity contribution in [1.82, 2.24) is 0 Å². The molecular weight excluding hydrogens is 131 g/mol. The summed E-state index contributed by atoms with van der Waals surface area (Å²) in [7, 11) is 0. The Hall–Kier alpha value is -0.120. The largest absolute Gasteiger partial charge is 0.394 e. The summed E-state index contributed by atoms with van der Waals surface area (Å²) < 4.78 is 0. The van der Waals surface area contributed by atoms with Gasteiger partial charge in [0.2, 0.25) is 5.24 Å². The van der Waals surface area contributed by atoms with E-state index in [2.05, 4.69) is 11.6 Å². The van der Waals surface area contributed by atoms with Gasteiger partial charge in [-0.05, 0) is 11.6 Å². The van der Waals surface area contributed by atoms with Crippen LogP contribution in [0.4, 0.5) is 0 Å². The Morgan fingerprint density at radius 1 is 1.50 bits per heavy atom. The highest BCUT2D eigenvalue weighted by atomic mass is 35.5. The van der Waals surface area contributed by atoms with Gasteiger partial charge in [0.05, 0.1) is 13.2 Å². The summed E-state index contributed by atoms with van der Waals surface area (Å²) in [5, 5.41) is 14.9. The second-order valence-electron chi connectivity index (χ2n) is 0.917. The van der Waals surface area contributed by atoms with Gasteiger partial charge in [0.1, 0.15) is 0 Å². The highest BCUT2D eigenvalue weighted by Gasteiger charge is 1.67. The van der Waals surface area contributed by atoms with Gasteiger partial charge in [-0.15, -0.1) is 0 Å². The van der Waals surface area contributed by atoms with Gasteiger partial charge in [0.25, 0.3) is 0 Å². The molecule has 4 heteroatoms. The van der Waals surface area contributed by atoms with E-state index in [-0.39, 0.29) is 18.5 Å². The predicted molar refractivity (Wildman–Crippen MR) is 30.7 cm³/mol. The molecule has 0 aromatic heterocycles. The highest BCUT2D eigenvalue weighted by Crippen LogP contribution is 1.67. The lowest BCUT2D eigenvalue weighted by atomic mass is 10.8. The van der Waals surface area contributed by atoms with Crippen LogP contribution < -0.4 is 0 Å². The summed E-state index contributed by atoms with van der Waals surface area (Å²) in [6.07, 6.45) is 0. The Balaban J connectivity index is 0. The lowest BCUT2D eigenvalue weighted by Crippen LogP contribution is -1.85. The van der Waals surface area contributed by atoms with E-state index in [9.17, 15) is 4.79 Å². The number of hydrogen-bond donors (Lipinski definition) is 2. The third-order valence-electron chi connectivity index (χ3n) is 0.1000. The first-order valence-electron chi connectivity index (χ1n) is 2.03. The fraction of sp³-hybridized carbons (Fsp3) is 0.750. The zero-order chi connectivity index (χ0) is 6.99. The Labute approximate surface area is 52.9 Å². The van der Waals surface area contributed by atoms with E-state index in [4.69, 9.17) is 10.2 Å². The van der Waals surface area contributed by atoms with Gasteiger partial charge in [-0.3, -0.25) is 4.79 Å². The first-order chi connectivity index (χ1) is 3.65. The van der Waals surface area contributed by atoms with E-state index in [0.717, 1.165) is 0 Å². The molecule has 0 unspecified atom stereocenters. The summed E-state index contributed by atoms with van der Waals surface area (Å²) in [5.41, 5.74) is 0. The molecule has 0 aliphatic rings. The number of carbonyl (C=O) groups is 1. The van der Waals surface area contributed by atoms with Crippen LogP contribution in [0, 0.1) is 0 Å². The number of aliphatic hydroxyl groups excluding tert-OH is 2. The molecule has 0 rings (SSSR count). The normalized spacial score (nSPS) is 7.00. The average Bonchev–Trinajstić information content (AvgIpc) is 1.65. The standard InChI is InChI=1S/C2H3ClO.C2H6O2/c1-2(3)4;3-1-2-4/h1H3;3-4H,1-2H2. The van der Waals surface area contributed by atoms with E-state index in [1.54, 1.807) is 0 Å². The van der Waals surface area contributed by atoms with Gasteiger partial charge in [0, 0.05) is 6.92 Å². The number of carbonyl (C=O) groups excluding carboxylic acids is 1. The zero-order valence-corrected chi connectivity index (χ0v) is 5.35. The lowest BCUT2D eigenvalue weighted by molar-refractivity contribution is -0.109. The Morgan fingerprint density at radius 2 is 1.62 bits per heavy atom. The zero-order valence-electron chi connectivity index (χ0n) is 4.59. The van der Waals surface area contributed by atoms with Crippen molar-refractivity contribution in [1.29, 1.82) is 0 Å². The maximum atomic E-state index is 9.21. The van der Waals surface area contributed by atoms with E-state index >= 15 is 0 Å². The quantitative estimate of drug-likeness (QED) is 0.494. The Bertz CT molecular complexity index is 49.2. The van der Waals surface area contributed by atoms with Crippen LogP contribution in [0.15, 0.2) is 0 Å². The molecule has 0 bridgehead atoms. The van der Waals surface area contributed by atoms with Gasteiger partial charge in [0.15, 0.2) is 0 Å². The number of rotatable bonds is 1. The summed E-state index contributed by atoms with van der Waals surface area (Å²) in [5.74, 6) is 0. The average molecular weight is 141 g/mol. The fourth-order valence-corrected chi connectivity index (χ4v) is 0. The monoisotopic (exact) mass is 140 g/mol. The minimum absolute atomic E-state index is 0.125. The molecule has 0 radical (unpaired) electrons. The van der Waals surface area contributed by atoms with Crippen molar-refractivity contribution in [2.75, 3.05) is 13.2 Å². The van der Waals surface area contributed by atoms with Crippen LogP contribution in [0.2, 0.25) is 0 Å². The molecule has 0 amide bonds. The summed E-state index contributed by atoms with van der Waals surface area (Å²) in [6, 6.07) is 0. The highest BCUT2D eigenvalue weighted by molar-refractivity contribution is 6.62. The molecule has 0 saturated carbocycles. The third-order valence-corrected chi connectivity index (χ3v) is 0.1000. The SMILES string of the molecule is CC(=O)Cl.OCCO. The molecule has 0 atom stereocenters. The van der Waals surface area contributed by atoms with Gasteiger partial charge in [-0.2, -0.15) is 0 Å². The van der Waals surface area contributed by atoms with Crippen molar-refractivity contribution in [3.63, 3.8) is 0 Å². The number of aliphatic hydroxyl groups is 2. The van der Waals surface area contributed by atoms with Crippen LogP contribution in [0.5, 0.6) is 0 Å². The molecule has 0 aromatic carbocycles. The molecule has 3 nitrogen and oxygen atoms in total.